The van der Waals surface area contributed by atoms with Crippen molar-refractivity contribution in [2.75, 3.05) is 5.32 Å². The second-order valence-electron chi connectivity index (χ2n) is 5.32. The molecule has 0 saturated carbocycles. The molecule has 0 saturated heterocycles. The fourth-order valence-electron chi connectivity index (χ4n) is 2.05. The minimum atomic E-state index is -1.17. The summed E-state index contributed by atoms with van der Waals surface area (Å²) in [5, 5.41) is 11.3. The number of carboxylic acids is 1. The molecule has 25 heavy (non-hydrogen) atoms. The van der Waals surface area contributed by atoms with Crippen molar-refractivity contribution in [1.82, 2.24) is 0 Å². The molecule has 6 nitrogen and oxygen atoms in total. The highest BCUT2D eigenvalue weighted by molar-refractivity contribution is 6.44. The lowest BCUT2D eigenvalue weighted by Gasteiger charge is -2.08. The first-order valence-corrected chi connectivity index (χ1v) is 7.25. The van der Waals surface area contributed by atoms with Crippen molar-refractivity contribution >= 4 is 29.1 Å². The average Bonchev–Trinajstić information content (AvgIpc) is 2.57. The Hall–Kier alpha value is -3.35. The van der Waals surface area contributed by atoms with Crippen LogP contribution in [0.1, 0.15) is 32.7 Å². The van der Waals surface area contributed by atoms with Crippen LogP contribution in [-0.4, -0.2) is 28.5 Å². The topological polar surface area (TPSA) is 101 Å². The van der Waals surface area contributed by atoms with Gasteiger partial charge in [0.1, 0.15) is 5.82 Å². The fourth-order valence-corrected chi connectivity index (χ4v) is 2.05. The molecule has 128 valence electrons. The summed E-state index contributed by atoms with van der Waals surface area (Å²) in [7, 11) is 0. The smallest absolute Gasteiger partial charge is 0.335 e. The summed E-state index contributed by atoms with van der Waals surface area (Å²) in [5.74, 6) is -4.31. The van der Waals surface area contributed by atoms with Crippen LogP contribution in [0.15, 0.2) is 42.5 Å². The molecular formula is C18H14FNO5. The largest absolute Gasteiger partial charge is 0.478 e. The van der Waals surface area contributed by atoms with E-state index in [1.807, 2.05) is 0 Å². The summed E-state index contributed by atoms with van der Waals surface area (Å²) < 4.78 is 12.8. The molecule has 0 aliphatic carbocycles. The number of carbonyl (C=O) groups is 4. The van der Waals surface area contributed by atoms with Gasteiger partial charge in [0.2, 0.25) is 5.78 Å². The highest BCUT2D eigenvalue weighted by Gasteiger charge is 2.20. The standard InChI is InChI=1S/C18H14FNO5/c1-10-2-3-12(18(24)25)8-14(10)20-17(23)16(22)9-15(21)11-4-6-13(19)7-5-11/h2-8H,9H2,1H3,(H,20,23)(H,24,25). The molecule has 0 aliphatic rings. The first-order valence-electron chi connectivity index (χ1n) is 7.25. The zero-order valence-corrected chi connectivity index (χ0v) is 13.2. The van der Waals surface area contributed by atoms with Crippen molar-refractivity contribution in [3.05, 3.63) is 65.0 Å². The SMILES string of the molecule is Cc1ccc(C(=O)O)cc1NC(=O)C(=O)CC(=O)c1ccc(F)cc1. The van der Waals surface area contributed by atoms with Crippen molar-refractivity contribution in [3.8, 4) is 0 Å². The number of carbonyl (C=O) groups excluding carboxylic acids is 3. The molecule has 0 aliphatic heterocycles. The first-order chi connectivity index (χ1) is 11.8. The Labute approximate surface area is 142 Å². The molecule has 1 amide bonds. The Morgan fingerprint density at radius 3 is 2.20 bits per heavy atom. The van der Waals surface area contributed by atoms with Crippen molar-refractivity contribution in [1.29, 1.82) is 0 Å². The van der Waals surface area contributed by atoms with E-state index in [0.29, 0.717) is 5.56 Å². The van der Waals surface area contributed by atoms with Gasteiger partial charge in [-0.2, -0.15) is 0 Å². The number of anilines is 1. The van der Waals surface area contributed by atoms with Crippen LogP contribution >= 0.6 is 0 Å². The van der Waals surface area contributed by atoms with E-state index in [0.717, 1.165) is 12.1 Å². The third-order valence-electron chi connectivity index (χ3n) is 3.47. The molecule has 2 N–H and O–H groups in total. The molecule has 0 atom stereocenters. The lowest BCUT2D eigenvalue weighted by Crippen LogP contribution is -2.25. The molecule has 0 spiro atoms. The van der Waals surface area contributed by atoms with Crippen molar-refractivity contribution < 1.29 is 28.7 Å². The van der Waals surface area contributed by atoms with Crippen LogP contribution in [0.25, 0.3) is 0 Å². The van der Waals surface area contributed by atoms with Crippen LogP contribution in [0.2, 0.25) is 0 Å². The molecule has 7 heteroatoms. The van der Waals surface area contributed by atoms with Gasteiger partial charge in [-0.05, 0) is 48.9 Å². The Morgan fingerprint density at radius 1 is 1.00 bits per heavy atom. The highest BCUT2D eigenvalue weighted by Crippen LogP contribution is 2.17. The number of benzene rings is 2. The number of hydrogen-bond acceptors (Lipinski definition) is 4. The van der Waals surface area contributed by atoms with Gasteiger partial charge in [-0.15, -0.1) is 0 Å². The van der Waals surface area contributed by atoms with Crippen LogP contribution in [0.5, 0.6) is 0 Å². The Kier molecular flexibility index (Phi) is 5.38. The van der Waals surface area contributed by atoms with E-state index in [2.05, 4.69) is 5.32 Å². The van der Waals surface area contributed by atoms with Gasteiger partial charge in [-0.25, -0.2) is 9.18 Å². The number of nitrogens with one attached hydrogen (secondary N) is 1. The quantitative estimate of drug-likeness (QED) is 0.477. The summed E-state index contributed by atoms with van der Waals surface area (Å²) in [4.78, 5) is 46.7. The summed E-state index contributed by atoms with van der Waals surface area (Å²) in [5.41, 5.74) is 0.811. The van der Waals surface area contributed by atoms with Gasteiger partial charge in [0.25, 0.3) is 5.91 Å². The zero-order chi connectivity index (χ0) is 18.6. The van der Waals surface area contributed by atoms with Gasteiger partial charge in [0.05, 0.1) is 12.0 Å². The maximum absolute atomic E-state index is 12.8. The summed E-state index contributed by atoms with van der Waals surface area (Å²) >= 11 is 0. The second kappa shape index (κ2) is 7.48. The number of halogens is 1. The molecule has 2 aromatic carbocycles. The predicted molar refractivity (Wildman–Crippen MR) is 87.1 cm³/mol. The van der Waals surface area contributed by atoms with Crippen LogP contribution in [0.3, 0.4) is 0 Å². The predicted octanol–water partition coefficient (Wildman–Crippen LogP) is 2.61. The minimum Gasteiger partial charge on any atom is -0.478 e. The van der Waals surface area contributed by atoms with Crippen molar-refractivity contribution in [2.45, 2.75) is 13.3 Å². The van der Waals surface area contributed by atoms with Gasteiger partial charge < -0.3 is 10.4 Å². The maximum Gasteiger partial charge on any atom is 0.335 e. The number of hydrogen-bond donors (Lipinski definition) is 2. The lowest BCUT2D eigenvalue weighted by atomic mass is 10.1. The number of ketones is 2. The molecule has 0 bridgehead atoms. The molecule has 2 rings (SSSR count). The van der Waals surface area contributed by atoms with Crippen LogP contribution in [0, 0.1) is 12.7 Å². The second-order valence-corrected chi connectivity index (χ2v) is 5.32. The third kappa shape index (κ3) is 4.57. The third-order valence-corrected chi connectivity index (χ3v) is 3.47. The van der Waals surface area contributed by atoms with Gasteiger partial charge in [0.15, 0.2) is 5.78 Å². The van der Waals surface area contributed by atoms with Gasteiger partial charge in [0, 0.05) is 11.3 Å². The van der Waals surface area contributed by atoms with Crippen LogP contribution in [0.4, 0.5) is 10.1 Å². The summed E-state index contributed by atoms with van der Waals surface area (Å²) in [6.45, 7) is 1.63. The average molecular weight is 343 g/mol. The molecule has 2 aromatic rings. The van der Waals surface area contributed by atoms with E-state index in [4.69, 9.17) is 5.11 Å². The van der Waals surface area contributed by atoms with E-state index in [1.165, 1.54) is 30.3 Å². The molecule has 0 fully saturated rings. The van der Waals surface area contributed by atoms with Gasteiger partial charge in [-0.1, -0.05) is 6.07 Å². The normalized spacial score (nSPS) is 10.2. The highest BCUT2D eigenvalue weighted by atomic mass is 19.1. The molecule has 0 heterocycles. The Bertz CT molecular complexity index is 858. The lowest BCUT2D eigenvalue weighted by molar-refractivity contribution is -0.134. The summed E-state index contributed by atoms with van der Waals surface area (Å²) in [6.07, 6.45) is -0.671. The van der Waals surface area contributed by atoms with Gasteiger partial charge in [-0.3, -0.25) is 14.4 Å². The number of amides is 1. The Morgan fingerprint density at radius 2 is 1.60 bits per heavy atom. The Balaban J connectivity index is 2.06. The van der Waals surface area contributed by atoms with E-state index in [1.54, 1.807) is 6.92 Å². The van der Waals surface area contributed by atoms with Crippen molar-refractivity contribution in [3.63, 3.8) is 0 Å². The minimum absolute atomic E-state index is 0.0456. The first kappa shape index (κ1) is 18.0. The molecule has 0 unspecified atom stereocenters. The molecule has 0 radical (unpaired) electrons. The zero-order valence-electron chi connectivity index (χ0n) is 13.2. The van der Waals surface area contributed by atoms with Crippen LogP contribution in [-0.2, 0) is 9.59 Å². The van der Waals surface area contributed by atoms with Gasteiger partial charge >= 0.3 is 5.97 Å². The number of aryl methyl sites for hydroxylation is 1. The molecular weight excluding hydrogens is 329 g/mol. The molecule has 0 aromatic heterocycles. The van der Waals surface area contributed by atoms with E-state index < -0.39 is 35.7 Å². The number of Topliss-reactive ketones (excluding diaryl/α,β-unsaturated/α-hetero) is 2. The van der Waals surface area contributed by atoms with E-state index in [-0.39, 0.29) is 16.8 Å². The van der Waals surface area contributed by atoms with Crippen LogP contribution < -0.4 is 5.32 Å². The number of aromatic carboxylic acids is 1. The maximum atomic E-state index is 12.8. The number of rotatable bonds is 6. The number of carboxylic acid groups (broad SMARTS) is 1. The van der Waals surface area contributed by atoms with E-state index >= 15 is 0 Å². The fraction of sp³-hybridized carbons (Fsp3) is 0.111. The van der Waals surface area contributed by atoms with E-state index in [9.17, 15) is 23.6 Å². The van der Waals surface area contributed by atoms with Crippen molar-refractivity contribution in [2.24, 2.45) is 0 Å². The monoisotopic (exact) mass is 343 g/mol. The summed E-state index contributed by atoms with van der Waals surface area (Å²) in [6, 6.07) is 8.70.